The molecule has 0 unspecified atom stereocenters. The Kier molecular flexibility index (Phi) is 16.6. The van der Waals surface area contributed by atoms with Crippen molar-refractivity contribution in [3.05, 3.63) is 413 Å². The second-order valence-corrected chi connectivity index (χ2v) is 33.3. The molecule has 0 bridgehead atoms. The Labute approximate surface area is 659 Å². The van der Waals surface area contributed by atoms with Crippen LogP contribution in [0.1, 0.15) is 0 Å². The summed E-state index contributed by atoms with van der Waals surface area (Å²) in [5.41, 5.74) is 22.1. The first-order valence-electron chi connectivity index (χ1n) is 38.7. The molecule has 0 amide bonds. The monoisotopic (exact) mass is 1470 g/mol. The van der Waals surface area contributed by atoms with E-state index in [0.717, 1.165) is 67.1 Å². The van der Waals surface area contributed by atoms with Crippen molar-refractivity contribution in [2.24, 2.45) is 0 Å². The highest BCUT2D eigenvalue weighted by Crippen LogP contribution is 2.42. The lowest BCUT2D eigenvalue weighted by atomic mass is 10.0. The summed E-state index contributed by atoms with van der Waals surface area (Å²) in [5.74, 6) is 2.58. The average molecular weight is 1470 g/mol. The molecule has 22 rings (SSSR count). The Hall–Kier alpha value is -15.0. The molecule has 0 saturated heterocycles. The van der Waals surface area contributed by atoms with Crippen LogP contribution in [0.25, 0.3) is 178 Å². The summed E-state index contributed by atoms with van der Waals surface area (Å²) >= 11 is 0. The lowest BCUT2D eigenvalue weighted by Crippen LogP contribution is -2.64. The molecule has 0 aliphatic heterocycles. The van der Waals surface area contributed by atoms with Crippen LogP contribution in [-0.2, 0) is 0 Å². The fraction of sp³-hybridized carbons (Fsp3) is 0.00962. The molecule has 0 saturated carbocycles. The quantitative estimate of drug-likeness (QED) is 0.0848. The second kappa shape index (κ2) is 28.2. The molecule has 0 spiro atoms. The van der Waals surface area contributed by atoms with Gasteiger partial charge in [-0.1, -0.05) is 298 Å². The van der Waals surface area contributed by atoms with E-state index < -0.39 is 8.07 Å². The number of nitrogens with zero attached hydrogens (tertiary/aromatic N) is 9. The van der Waals surface area contributed by atoms with E-state index in [2.05, 4.69) is 365 Å². The van der Waals surface area contributed by atoms with Crippen molar-refractivity contribution in [2.75, 3.05) is 0 Å². The zero-order valence-corrected chi connectivity index (χ0v) is 63.3. The number of fused-ring (bicyclic) bond motifs is 12. The molecule has 6 aromatic heterocycles. The number of para-hydroxylation sites is 6. The summed E-state index contributed by atoms with van der Waals surface area (Å²) in [5, 5.41) is 13.8. The summed E-state index contributed by atoms with van der Waals surface area (Å²) in [6.07, 6.45) is 1.89. The van der Waals surface area contributed by atoms with Gasteiger partial charge in [-0.15, -0.1) is 0 Å². The molecule has 9 nitrogen and oxygen atoms in total. The van der Waals surface area contributed by atoms with Gasteiger partial charge >= 0.3 is 0 Å². The maximum absolute atomic E-state index is 5.29. The summed E-state index contributed by atoms with van der Waals surface area (Å²) < 4.78 is 9.29. The first-order valence-corrected chi connectivity index (χ1v) is 41.2. The van der Waals surface area contributed by atoms with Crippen LogP contribution in [0.4, 0.5) is 0 Å². The Balaban J connectivity index is 0.000000143. The lowest BCUT2D eigenvalue weighted by molar-refractivity contribution is 0.992. The molecule has 0 aliphatic carbocycles. The van der Waals surface area contributed by atoms with Crippen LogP contribution in [0.2, 0.25) is 6.55 Å². The molecule has 22 aromatic rings. The summed E-state index contributed by atoms with van der Waals surface area (Å²) in [7, 11) is -2.31. The van der Waals surface area contributed by atoms with Gasteiger partial charge < -0.3 is 13.7 Å². The van der Waals surface area contributed by atoms with Gasteiger partial charge in [0.2, 0.25) is 5.95 Å². The largest absolute Gasteiger partial charge is 0.309 e. The molecule has 10 heteroatoms. The number of aromatic nitrogens is 9. The fourth-order valence-corrected chi connectivity index (χ4v) is 20.8. The molecule has 16 aromatic carbocycles. The third-order valence-electron chi connectivity index (χ3n) is 22.7. The summed E-state index contributed by atoms with van der Waals surface area (Å²) in [4.78, 5) is 25.1. The molecular formula is C104H71N9Si. The highest BCUT2D eigenvalue weighted by atomic mass is 28.3. The van der Waals surface area contributed by atoms with Crippen LogP contribution >= 0.6 is 0 Å². The predicted molar refractivity (Wildman–Crippen MR) is 475 cm³/mol. The molecule has 0 atom stereocenters. The normalized spacial score (nSPS) is 11.7. The van der Waals surface area contributed by atoms with Gasteiger partial charge in [-0.05, 0) is 153 Å². The topological polar surface area (TPSA) is 84.2 Å². The maximum Gasteiger partial charge on any atom is 0.235 e. The second-order valence-electron chi connectivity index (χ2n) is 29.3. The SMILES string of the molecule is C[Si](c1ccccc1)(c1ccccc1)c1cccc(-c2ccnc(-n3c4ccccc4c4cc(-c5ccc6c(c5)c5ccccc5n6-c5ccccc5)ccc43)n2)c1.c1ccc(-c2nc(-c3ccccc3)nc(-c3cccc(-n4c5ccccc5c5cc(-c6ccc7c(c6)c6ccccc6n7-c6ccccc6)ccc54)c3)n2)cc1. The number of rotatable bonds is 13. The minimum absolute atomic E-state index is 0.631. The fourth-order valence-electron chi connectivity index (χ4n) is 17.2. The minimum atomic E-state index is -2.31. The Morgan fingerprint density at radius 1 is 0.202 bits per heavy atom. The van der Waals surface area contributed by atoms with E-state index in [0.29, 0.717) is 23.4 Å². The van der Waals surface area contributed by atoms with E-state index in [9.17, 15) is 0 Å². The van der Waals surface area contributed by atoms with Gasteiger partial charge in [-0.25, -0.2) is 24.9 Å². The highest BCUT2D eigenvalue weighted by molar-refractivity contribution is 7.10. The van der Waals surface area contributed by atoms with Crippen molar-refractivity contribution < 1.29 is 0 Å². The standard InChI is InChI=1S/C53H38N4Si.C51H33N5/c1-58(41-19-7-3-8-20-41,42-21-9-4-10-22-42)43-23-15-16-39(34-43)48-32-33-54-53(55-48)57-50-27-14-12-25-45(50)47-36-38(29-31-52(47)57)37-28-30-51-46(35-37)44-24-11-13-26-49(44)56(51)40-17-5-2-6-18-40;1-4-15-34(16-5-1)49-52-50(35-17-6-2-7-18-35)54-51(53-49)38-19-14-22-40(31-38)56-46-26-13-11-24-42(46)44-33-37(28-30-48(44)56)36-27-29-47-43(32-36)41-23-10-12-25-45(41)55(47)39-20-8-3-9-21-39/h2-36H,1H3;1-33H. The minimum Gasteiger partial charge on any atom is -0.309 e. The van der Waals surface area contributed by atoms with Crippen LogP contribution < -0.4 is 15.6 Å². The Morgan fingerprint density at radius 2 is 0.509 bits per heavy atom. The third kappa shape index (κ3) is 11.7. The molecule has 0 aliphatic rings. The van der Waals surface area contributed by atoms with E-state index >= 15 is 0 Å². The van der Waals surface area contributed by atoms with Crippen molar-refractivity contribution in [1.82, 2.24) is 43.2 Å². The van der Waals surface area contributed by atoms with Crippen molar-refractivity contribution >= 4 is 111 Å². The van der Waals surface area contributed by atoms with Gasteiger partial charge in [0.05, 0.1) is 49.8 Å². The summed E-state index contributed by atoms with van der Waals surface area (Å²) in [6.45, 7) is 2.45. The predicted octanol–water partition coefficient (Wildman–Crippen LogP) is 23.8. The smallest absolute Gasteiger partial charge is 0.235 e. The van der Waals surface area contributed by atoms with E-state index in [1.54, 1.807) is 0 Å². The molecule has 0 radical (unpaired) electrons. The summed E-state index contributed by atoms with van der Waals surface area (Å²) in [6, 6.07) is 145. The number of hydrogen-bond acceptors (Lipinski definition) is 5. The lowest BCUT2D eigenvalue weighted by Gasteiger charge is -2.30. The van der Waals surface area contributed by atoms with E-state index in [4.69, 9.17) is 24.9 Å². The maximum atomic E-state index is 5.29. The molecule has 0 N–H and O–H groups in total. The van der Waals surface area contributed by atoms with E-state index in [1.165, 1.54) is 103 Å². The van der Waals surface area contributed by atoms with Gasteiger partial charge in [0, 0.05) is 88.6 Å². The number of hydrogen-bond donors (Lipinski definition) is 0. The zero-order valence-electron chi connectivity index (χ0n) is 62.3. The van der Waals surface area contributed by atoms with Crippen molar-refractivity contribution in [2.45, 2.75) is 6.55 Å². The Bertz CT molecular complexity index is 7320. The van der Waals surface area contributed by atoms with E-state index in [1.807, 2.05) is 72.9 Å². The van der Waals surface area contributed by atoms with Gasteiger partial charge in [-0.3, -0.25) is 4.57 Å². The van der Waals surface area contributed by atoms with Crippen molar-refractivity contribution in [3.8, 4) is 90.7 Å². The highest BCUT2D eigenvalue weighted by Gasteiger charge is 2.34. The third-order valence-corrected chi connectivity index (χ3v) is 27.2. The average Bonchev–Trinajstić information content (AvgIpc) is 1.58. The van der Waals surface area contributed by atoms with E-state index in [-0.39, 0.29) is 0 Å². The van der Waals surface area contributed by atoms with Crippen molar-refractivity contribution in [3.63, 3.8) is 0 Å². The zero-order chi connectivity index (χ0) is 75.6. The first kappa shape index (κ1) is 67.2. The van der Waals surface area contributed by atoms with Crippen LogP contribution in [0.3, 0.4) is 0 Å². The van der Waals surface area contributed by atoms with Gasteiger partial charge in [0.25, 0.3) is 0 Å². The molecule has 536 valence electrons. The molecule has 0 fully saturated rings. The first-order chi connectivity index (χ1) is 56.4. The molecule has 114 heavy (non-hydrogen) atoms. The van der Waals surface area contributed by atoms with Crippen LogP contribution in [0, 0.1) is 0 Å². The van der Waals surface area contributed by atoms with Crippen LogP contribution in [-0.4, -0.2) is 51.3 Å². The van der Waals surface area contributed by atoms with Crippen LogP contribution in [0.5, 0.6) is 0 Å². The van der Waals surface area contributed by atoms with Gasteiger partial charge in [0.15, 0.2) is 17.5 Å². The van der Waals surface area contributed by atoms with Gasteiger partial charge in [0.1, 0.15) is 8.07 Å². The van der Waals surface area contributed by atoms with Gasteiger partial charge in [-0.2, -0.15) is 0 Å². The Morgan fingerprint density at radius 3 is 0.939 bits per heavy atom. The van der Waals surface area contributed by atoms with Crippen molar-refractivity contribution in [1.29, 1.82) is 0 Å². The molecular weight excluding hydrogens is 1400 g/mol. The van der Waals surface area contributed by atoms with Crippen LogP contribution in [0.15, 0.2) is 413 Å². The molecule has 6 heterocycles. The number of benzene rings is 16.